The first-order chi connectivity index (χ1) is 7.97. The molecule has 0 spiro atoms. The van der Waals surface area contributed by atoms with E-state index >= 15 is 0 Å². The van der Waals surface area contributed by atoms with Gasteiger partial charge in [-0.2, -0.15) is 0 Å². The Bertz CT molecular complexity index is 553. The summed E-state index contributed by atoms with van der Waals surface area (Å²) in [6.45, 7) is 0.150. The summed E-state index contributed by atoms with van der Waals surface area (Å²) < 4.78 is 23.6. The fourth-order valence-corrected chi connectivity index (χ4v) is 2.84. The Morgan fingerprint density at radius 3 is 2.59 bits per heavy atom. The Hall–Kier alpha value is -0.940. The highest BCUT2D eigenvalue weighted by Gasteiger charge is 2.15. The molecule has 0 heterocycles. The van der Waals surface area contributed by atoms with E-state index in [0.717, 1.165) is 0 Å². The summed E-state index contributed by atoms with van der Waals surface area (Å²) in [5, 5.41) is 3.77. The molecule has 1 aromatic rings. The topological polar surface area (TPSA) is 82.9 Å². The van der Waals surface area contributed by atoms with E-state index in [4.69, 9.17) is 28.7 Å². The van der Waals surface area contributed by atoms with E-state index in [1.807, 2.05) is 0 Å². The van der Waals surface area contributed by atoms with Gasteiger partial charge in [-0.1, -0.05) is 28.3 Å². The molecule has 0 fully saturated rings. The molecular formula is C9H9Cl2N3O2S. The van der Waals surface area contributed by atoms with Crippen molar-refractivity contribution in [1.82, 2.24) is 0 Å². The van der Waals surface area contributed by atoms with Crippen molar-refractivity contribution in [3.63, 3.8) is 0 Å². The number of sulfone groups is 1. The first-order valence-electron chi connectivity index (χ1n) is 4.66. The first kappa shape index (κ1) is 14.1. The van der Waals surface area contributed by atoms with E-state index in [1.54, 1.807) is 0 Å². The molecular weight excluding hydrogens is 285 g/mol. The minimum absolute atomic E-state index is 0.0933. The highest BCUT2D eigenvalue weighted by molar-refractivity contribution is 7.91. The van der Waals surface area contributed by atoms with Crippen LogP contribution >= 0.6 is 23.2 Å². The van der Waals surface area contributed by atoms with Gasteiger partial charge in [-0.3, -0.25) is 0 Å². The number of nitrogens with zero attached hydrogens (tertiary/aromatic N) is 3. The van der Waals surface area contributed by atoms with E-state index in [9.17, 15) is 8.42 Å². The minimum atomic E-state index is -3.41. The van der Waals surface area contributed by atoms with Gasteiger partial charge < -0.3 is 0 Å². The zero-order chi connectivity index (χ0) is 12.9. The SMILES string of the molecule is [N-]=[N+]=NCCCS(=O)(=O)c1ccc(Cl)c(Cl)c1. The third-order valence-electron chi connectivity index (χ3n) is 1.98. The summed E-state index contributed by atoms with van der Waals surface area (Å²) in [6.07, 6.45) is 0.270. The maximum absolute atomic E-state index is 11.8. The summed E-state index contributed by atoms with van der Waals surface area (Å²) >= 11 is 11.4. The van der Waals surface area contributed by atoms with Crippen molar-refractivity contribution in [3.05, 3.63) is 38.7 Å². The van der Waals surface area contributed by atoms with Crippen LogP contribution in [0.2, 0.25) is 10.0 Å². The molecule has 0 aliphatic carbocycles. The molecule has 0 saturated heterocycles. The summed E-state index contributed by atoms with van der Waals surface area (Å²) in [7, 11) is -3.41. The van der Waals surface area contributed by atoms with Gasteiger partial charge in [0.15, 0.2) is 9.84 Å². The lowest BCUT2D eigenvalue weighted by Gasteiger charge is -2.04. The van der Waals surface area contributed by atoms with Crippen LogP contribution in [0.3, 0.4) is 0 Å². The summed E-state index contributed by atoms with van der Waals surface area (Å²) in [5.41, 5.74) is 8.06. The fraction of sp³-hybridized carbons (Fsp3) is 0.333. The average molecular weight is 294 g/mol. The summed E-state index contributed by atoms with van der Waals surface area (Å²) in [5.74, 6) is -0.0933. The van der Waals surface area contributed by atoms with Crippen molar-refractivity contribution in [3.8, 4) is 0 Å². The Morgan fingerprint density at radius 2 is 2.00 bits per heavy atom. The molecule has 0 atom stereocenters. The molecule has 0 bridgehead atoms. The maximum Gasteiger partial charge on any atom is 0.178 e. The van der Waals surface area contributed by atoms with E-state index < -0.39 is 9.84 Å². The van der Waals surface area contributed by atoms with Gasteiger partial charge in [0.1, 0.15) is 0 Å². The fourth-order valence-electron chi connectivity index (χ4n) is 1.16. The van der Waals surface area contributed by atoms with E-state index in [-0.39, 0.29) is 28.6 Å². The Labute approximate surface area is 109 Å². The highest BCUT2D eigenvalue weighted by atomic mass is 35.5. The van der Waals surface area contributed by atoms with Crippen molar-refractivity contribution in [2.45, 2.75) is 11.3 Å². The average Bonchev–Trinajstić information content (AvgIpc) is 2.28. The minimum Gasteiger partial charge on any atom is -0.224 e. The lowest BCUT2D eigenvalue weighted by atomic mass is 10.4. The smallest absolute Gasteiger partial charge is 0.178 e. The molecule has 1 rings (SSSR count). The van der Waals surface area contributed by atoms with Crippen LogP contribution in [0.15, 0.2) is 28.2 Å². The van der Waals surface area contributed by atoms with Gasteiger partial charge in [-0.25, -0.2) is 8.42 Å². The van der Waals surface area contributed by atoms with Crippen molar-refractivity contribution in [2.75, 3.05) is 12.3 Å². The van der Waals surface area contributed by atoms with Gasteiger partial charge >= 0.3 is 0 Å². The predicted molar refractivity (Wildman–Crippen MR) is 67.1 cm³/mol. The Morgan fingerprint density at radius 1 is 1.29 bits per heavy atom. The molecule has 0 aromatic heterocycles. The second-order valence-corrected chi connectivity index (χ2v) is 6.13. The third-order valence-corrected chi connectivity index (χ3v) is 4.52. The molecule has 0 aliphatic heterocycles. The van der Waals surface area contributed by atoms with E-state index in [0.29, 0.717) is 5.02 Å². The molecule has 8 heteroatoms. The second kappa shape index (κ2) is 6.12. The van der Waals surface area contributed by atoms with Crippen LogP contribution in [-0.2, 0) is 9.84 Å². The van der Waals surface area contributed by atoms with Gasteiger partial charge in [0.2, 0.25) is 0 Å². The zero-order valence-corrected chi connectivity index (χ0v) is 11.0. The summed E-state index contributed by atoms with van der Waals surface area (Å²) in [4.78, 5) is 2.66. The van der Waals surface area contributed by atoms with Crippen LogP contribution in [0.4, 0.5) is 0 Å². The molecule has 5 nitrogen and oxygen atoms in total. The van der Waals surface area contributed by atoms with Crippen LogP contribution in [0.25, 0.3) is 10.4 Å². The number of rotatable bonds is 5. The van der Waals surface area contributed by atoms with Gasteiger partial charge in [0.05, 0.1) is 20.7 Å². The van der Waals surface area contributed by atoms with Crippen molar-refractivity contribution in [2.24, 2.45) is 5.11 Å². The molecule has 0 amide bonds. The lowest BCUT2D eigenvalue weighted by molar-refractivity contribution is 0.593. The largest absolute Gasteiger partial charge is 0.224 e. The van der Waals surface area contributed by atoms with Crippen molar-refractivity contribution >= 4 is 33.0 Å². The molecule has 1 aromatic carbocycles. The highest BCUT2D eigenvalue weighted by Crippen LogP contribution is 2.25. The Balaban J connectivity index is 2.82. The van der Waals surface area contributed by atoms with Crippen molar-refractivity contribution < 1.29 is 8.42 Å². The molecule has 0 radical (unpaired) electrons. The Kier molecular flexibility index (Phi) is 5.08. The third kappa shape index (κ3) is 4.09. The van der Waals surface area contributed by atoms with Crippen LogP contribution in [0.5, 0.6) is 0 Å². The van der Waals surface area contributed by atoms with Crippen LogP contribution in [0, 0.1) is 0 Å². The van der Waals surface area contributed by atoms with Gasteiger partial charge in [-0.05, 0) is 30.2 Å². The number of benzene rings is 1. The van der Waals surface area contributed by atoms with Gasteiger partial charge in [0.25, 0.3) is 0 Å². The lowest BCUT2D eigenvalue weighted by Crippen LogP contribution is -2.07. The van der Waals surface area contributed by atoms with Gasteiger partial charge in [-0.15, -0.1) is 0 Å². The van der Waals surface area contributed by atoms with Crippen LogP contribution in [-0.4, -0.2) is 20.7 Å². The molecule has 0 saturated carbocycles. The zero-order valence-electron chi connectivity index (χ0n) is 8.68. The van der Waals surface area contributed by atoms with E-state index in [2.05, 4.69) is 10.0 Å². The van der Waals surface area contributed by atoms with Crippen LogP contribution in [0.1, 0.15) is 6.42 Å². The second-order valence-electron chi connectivity index (χ2n) is 3.20. The molecule has 92 valence electrons. The monoisotopic (exact) mass is 293 g/mol. The predicted octanol–water partition coefficient (Wildman–Crippen LogP) is 3.47. The van der Waals surface area contributed by atoms with Crippen LogP contribution < -0.4 is 0 Å². The normalized spacial score (nSPS) is 10.9. The quantitative estimate of drug-likeness (QED) is 0.360. The number of hydrogen-bond donors (Lipinski definition) is 0. The maximum atomic E-state index is 11.8. The molecule has 0 aliphatic rings. The molecule has 17 heavy (non-hydrogen) atoms. The number of halogens is 2. The number of azide groups is 1. The van der Waals surface area contributed by atoms with Gasteiger partial charge in [0, 0.05) is 11.5 Å². The summed E-state index contributed by atoms with van der Waals surface area (Å²) in [6, 6.07) is 4.15. The molecule has 0 N–H and O–H groups in total. The van der Waals surface area contributed by atoms with Crippen molar-refractivity contribution in [1.29, 1.82) is 0 Å². The van der Waals surface area contributed by atoms with E-state index in [1.165, 1.54) is 18.2 Å². The molecule has 0 unspecified atom stereocenters. The standard InChI is InChI=1S/C9H9Cl2N3O2S/c10-8-3-2-7(6-9(8)11)17(15,16)5-1-4-13-14-12/h2-3,6H,1,4-5H2. The first-order valence-corrected chi connectivity index (χ1v) is 7.07. The number of hydrogen-bond acceptors (Lipinski definition) is 3.